The Balaban J connectivity index is 3.00. The van der Waals surface area contributed by atoms with Crippen molar-refractivity contribution < 1.29 is 9.72 Å². The molecule has 0 saturated heterocycles. The number of carbonyl (C=O) groups excluding carboxylic acids is 1. The summed E-state index contributed by atoms with van der Waals surface area (Å²) in [5, 5.41) is 10.5. The Bertz CT molecular complexity index is 409. The van der Waals surface area contributed by atoms with Crippen LogP contribution in [0.25, 0.3) is 0 Å². The minimum absolute atomic E-state index is 0.0730. The van der Waals surface area contributed by atoms with Crippen molar-refractivity contribution in [1.29, 1.82) is 0 Å². The Morgan fingerprint density at radius 1 is 1.57 bits per heavy atom. The van der Waals surface area contributed by atoms with Crippen molar-refractivity contribution in [3.05, 3.63) is 39.4 Å². The average Bonchev–Trinajstić information content (AvgIpc) is 2.14. The minimum Gasteiger partial charge on any atom is -0.258 e. The molecule has 0 bridgehead atoms. The first kappa shape index (κ1) is 10.1. The first-order chi connectivity index (χ1) is 6.65. The van der Waals surface area contributed by atoms with Gasteiger partial charge >= 0.3 is 0 Å². The van der Waals surface area contributed by atoms with Gasteiger partial charge in [-0.3, -0.25) is 10.1 Å². The normalized spacial score (nSPS) is 9.21. The number of rotatable bonds is 3. The Kier molecular flexibility index (Phi) is 3.09. The average molecular weight is 192 g/mol. The van der Waals surface area contributed by atoms with Crippen molar-refractivity contribution in [3.63, 3.8) is 0 Å². The molecule has 1 rings (SSSR count). The molecule has 0 saturated carbocycles. The SMILES string of the molecule is Cc1cc(CN=C=O)ccc1[N+](=O)[O-]. The van der Waals surface area contributed by atoms with Gasteiger partial charge < -0.3 is 0 Å². The molecule has 0 aliphatic rings. The van der Waals surface area contributed by atoms with Gasteiger partial charge in [-0.2, -0.15) is 0 Å². The van der Waals surface area contributed by atoms with Gasteiger partial charge in [0.15, 0.2) is 0 Å². The van der Waals surface area contributed by atoms with Gasteiger partial charge in [0.2, 0.25) is 6.08 Å². The van der Waals surface area contributed by atoms with E-state index in [-0.39, 0.29) is 12.2 Å². The molecule has 1 aromatic carbocycles. The number of aliphatic imine (C=N–C) groups is 1. The van der Waals surface area contributed by atoms with Crippen molar-refractivity contribution in [2.45, 2.75) is 13.5 Å². The van der Waals surface area contributed by atoms with Crippen LogP contribution in [0.1, 0.15) is 11.1 Å². The molecule has 14 heavy (non-hydrogen) atoms. The number of nitrogens with zero attached hydrogens (tertiary/aromatic N) is 2. The number of nitro benzene ring substituents is 1. The summed E-state index contributed by atoms with van der Waals surface area (Å²) in [6, 6.07) is 4.62. The Hall–Kier alpha value is -2.00. The van der Waals surface area contributed by atoms with Crippen molar-refractivity contribution in [2.24, 2.45) is 4.99 Å². The van der Waals surface area contributed by atoms with Gasteiger partial charge in [0.25, 0.3) is 5.69 Å². The van der Waals surface area contributed by atoms with Gasteiger partial charge in [0.05, 0.1) is 11.5 Å². The molecule has 0 radical (unpaired) electrons. The van der Waals surface area contributed by atoms with Gasteiger partial charge in [0, 0.05) is 11.6 Å². The molecule has 5 nitrogen and oxygen atoms in total. The van der Waals surface area contributed by atoms with Crippen molar-refractivity contribution in [3.8, 4) is 0 Å². The number of hydrogen-bond donors (Lipinski definition) is 0. The zero-order valence-corrected chi connectivity index (χ0v) is 7.56. The van der Waals surface area contributed by atoms with Gasteiger partial charge in [0.1, 0.15) is 0 Å². The molecule has 0 aliphatic heterocycles. The molecule has 0 heterocycles. The summed E-state index contributed by atoms with van der Waals surface area (Å²) in [6.45, 7) is 1.86. The van der Waals surface area contributed by atoms with E-state index in [0.717, 1.165) is 5.56 Å². The van der Waals surface area contributed by atoms with E-state index in [1.54, 1.807) is 19.1 Å². The molecule has 0 fully saturated rings. The number of aryl methyl sites for hydroxylation is 1. The van der Waals surface area contributed by atoms with Crippen LogP contribution in [0.15, 0.2) is 23.2 Å². The standard InChI is InChI=1S/C9H8N2O3/c1-7-4-8(5-10-6-12)2-3-9(7)11(13)14/h2-4H,5H2,1H3. The zero-order valence-electron chi connectivity index (χ0n) is 7.56. The van der Waals surface area contributed by atoms with Gasteiger partial charge in [-0.25, -0.2) is 9.79 Å². The number of isocyanates is 1. The van der Waals surface area contributed by atoms with E-state index in [1.807, 2.05) is 0 Å². The topological polar surface area (TPSA) is 72.6 Å². The monoisotopic (exact) mass is 192 g/mol. The first-order valence-corrected chi connectivity index (χ1v) is 3.92. The molecular formula is C9H8N2O3. The van der Waals surface area contributed by atoms with Crippen LogP contribution in [0.2, 0.25) is 0 Å². The van der Waals surface area contributed by atoms with Crippen molar-refractivity contribution in [1.82, 2.24) is 0 Å². The van der Waals surface area contributed by atoms with Crippen LogP contribution in [0.4, 0.5) is 5.69 Å². The van der Waals surface area contributed by atoms with Crippen LogP contribution in [0.5, 0.6) is 0 Å². The number of nitro groups is 1. The highest BCUT2D eigenvalue weighted by Gasteiger charge is 2.09. The van der Waals surface area contributed by atoms with Gasteiger partial charge in [-0.05, 0) is 18.6 Å². The maximum atomic E-state index is 10.5. The van der Waals surface area contributed by atoms with Crippen LogP contribution >= 0.6 is 0 Å². The second-order valence-corrected chi connectivity index (χ2v) is 2.79. The summed E-state index contributed by atoms with van der Waals surface area (Å²) in [5.41, 5.74) is 1.40. The van der Waals surface area contributed by atoms with E-state index < -0.39 is 4.92 Å². The van der Waals surface area contributed by atoms with Crippen LogP contribution < -0.4 is 0 Å². The highest BCUT2D eigenvalue weighted by molar-refractivity contribution is 5.42. The molecule has 1 aromatic rings. The highest BCUT2D eigenvalue weighted by atomic mass is 16.6. The molecule has 0 aliphatic carbocycles. The lowest BCUT2D eigenvalue weighted by molar-refractivity contribution is -0.385. The van der Waals surface area contributed by atoms with E-state index in [9.17, 15) is 14.9 Å². The fourth-order valence-corrected chi connectivity index (χ4v) is 1.14. The molecule has 0 unspecified atom stereocenters. The Morgan fingerprint density at radius 3 is 2.79 bits per heavy atom. The van der Waals surface area contributed by atoms with Crippen molar-refractivity contribution in [2.75, 3.05) is 0 Å². The maximum absolute atomic E-state index is 10.5. The van der Waals surface area contributed by atoms with Gasteiger partial charge in [-0.1, -0.05) is 6.07 Å². The zero-order chi connectivity index (χ0) is 10.6. The quantitative estimate of drug-likeness (QED) is 0.317. The van der Waals surface area contributed by atoms with E-state index in [0.29, 0.717) is 5.56 Å². The lowest BCUT2D eigenvalue weighted by Gasteiger charge is -1.99. The smallest absolute Gasteiger partial charge is 0.258 e. The second-order valence-electron chi connectivity index (χ2n) is 2.79. The molecule has 0 spiro atoms. The first-order valence-electron chi connectivity index (χ1n) is 3.92. The summed E-state index contributed by atoms with van der Waals surface area (Å²) in [4.78, 5) is 23.2. The van der Waals surface area contributed by atoms with Crippen LogP contribution in [0.3, 0.4) is 0 Å². The minimum atomic E-state index is -0.442. The molecule has 0 aromatic heterocycles. The summed E-state index contributed by atoms with van der Waals surface area (Å²) in [6.07, 6.45) is 1.41. The van der Waals surface area contributed by atoms with Crippen LogP contribution in [0, 0.1) is 17.0 Å². The highest BCUT2D eigenvalue weighted by Crippen LogP contribution is 2.18. The van der Waals surface area contributed by atoms with Crippen LogP contribution in [-0.2, 0) is 11.3 Å². The molecule has 0 atom stereocenters. The fourth-order valence-electron chi connectivity index (χ4n) is 1.14. The molecule has 5 heteroatoms. The molecule has 0 N–H and O–H groups in total. The predicted octanol–water partition coefficient (Wildman–Crippen LogP) is 1.74. The van der Waals surface area contributed by atoms with E-state index in [4.69, 9.17) is 0 Å². The van der Waals surface area contributed by atoms with E-state index in [1.165, 1.54) is 12.1 Å². The predicted molar refractivity (Wildman–Crippen MR) is 49.7 cm³/mol. The van der Waals surface area contributed by atoms with Gasteiger partial charge in [-0.15, -0.1) is 0 Å². The summed E-state index contributed by atoms with van der Waals surface area (Å²) in [7, 11) is 0. The molecular weight excluding hydrogens is 184 g/mol. The number of benzene rings is 1. The lowest BCUT2D eigenvalue weighted by Crippen LogP contribution is -1.92. The maximum Gasteiger partial charge on any atom is 0.272 e. The van der Waals surface area contributed by atoms with E-state index in [2.05, 4.69) is 4.99 Å². The Labute approximate surface area is 80.2 Å². The summed E-state index contributed by atoms with van der Waals surface area (Å²) >= 11 is 0. The lowest BCUT2D eigenvalue weighted by atomic mass is 10.1. The molecule has 0 amide bonds. The van der Waals surface area contributed by atoms with E-state index >= 15 is 0 Å². The summed E-state index contributed by atoms with van der Waals surface area (Å²) in [5.74, 6) is 0. The van der Waals surface area contributed by atoms with Crippen molar-refractivity contribution >= 4 is 11.8 Å². The molecule has 72 valence electrons. The van der Waals surface area contributed by atoms with Crippen LogP contribution in [-0.4, -0.2) is 11.0 Å². The third kappa shape index (κ3) is 2.24. The third-order valence-electron chi connectivity index (χ3n) is 1.78. The fraction of sp³-hybridized carbons (Fsp3) is 0.222. The largest absolute Gasteiger partial charge is 0.272 e. The summed E-state index contributed by atoms with van der Waals surface area (Å²) < 4.78 is 0. The second kappa shape index (κ2) is 4.30. The number of hydrogen-bond acceptors (Lipinski definition) is 4. The Morgan fingerprint density at radius 2 is 2.29 bits per heavy atom. The third-order valence-corrected chi connectivity index (χ3v) is 1.78.